The van der Waals surface area contributed by atoms with Gasteiger partial charge < -0.3 is 24.4 Å². The van der Waals surface area contributed by atoms with Crippen LogP contribution >= 0.6 is 0 Å². The molecule has 0 aliphatic rings. The van der Waals surface area contributed by atoms with Crippen LogP contribution in [0.1, 0.15) is 31.9 Å². The molecule has 0 aliphatic carbocycles. The van der Waals surface area contributed by atoms with Crippen molar-refractivity contribution < 1.29 is 23.8 Å². The Bertz CT molecular complexity index is 891. The zero-order valence-corrected chi connectivity index (χ0v) is 19.8. The van der Waals surface area contributed by atoms with Crippen LogP contribution in [0.2, 0.25) is 0 Å². The third-order valence-electron chi connectivity index (χ3n) is 5.14. The van der Waals surface area contributed by atoms with Gasteiger partial charge in [-0.3, -0.25) is 9.59 Å². The molecule has 7 nitrogen and oxygen atoms in total. The van der Waals surface area contributed by atoms with Gasteiger partial charge in [0.05, 0.1) is 14.2 Å². The molecule has 0 saturated carbocycles. The average Bonchev–Trinajstić information content (AvgIpc) is 2.79. The van der Waals surface area contributed by atoms with Crippen LogP contribution in [0.25, 0.3) is 0 Å². The molecule has 0 radical (unpaired) electrons. The van der Waals surface area contributed by atoms with Crippen molar-refractivity contribution in [3.63, 3.8) is 0 Å². The van der Waals surface area contributed by atoms with Crippen molar-refractivity contribution in [1.82, 2.24) is 10.2 Å². The zero-order chi connectivity index (χ0) is 23.7. The maximum atomic E-state index is 13.2. The predicted octanol–water partition coefficient (Wildman–Crippen LogP) is 3.58. The second kappa shape index (κ2) is 12.0. The number of methoxy groups -OCH3 is 2. The molecule has 0 unspecified atom stereocenters. The van der Waals surface area contributed by atoms with Crippen LogP contribution in [0, 0.1) is 12.8 Å². The fourth-order valence-corrected chi connectivity index (χ4v) is 3.10. The Morgan fingerprint density at radius 3 is 2.12 bits per heavy atom. The van der Waals surface area contributed by atoms with Gasteiger partial charge in [-0.1, -0.05) is 38.1 Å². The van der Waals surface area contributed by atoms with Crippen LogP contribution in [0.15, 0.2) is 42.5 Å². The Labute approximate surface area is 190 Å². The molecule has 0 fully saturated rings. The summed E-state index contributed by atoms with van der Waals surface area (Å²) in [6.07, 6.45) is 0. The second-order valence-electron chi connectivity index (χ2n) is 8.10. The highest BCUT2D eigenvalue weighted by atomic mass is 16.5. The molecule has 0 aromatic heterocycles. The summed E-state index contributed by atoms with van der Waals surface area (Å²) in [5.41, 5.74) is 2.03. The Morgan fingerprint density at radius 1 is 0.969 bits per heavy atom. The van der Waals surface area contributed by atoms with E-state index in [4.69, 9.17) is 14.2 Å². The van der Waals surface area contributed by atoms with E-state index in [-0.39, 0.29) is 18.4 Å². The molecule has 0 spiro atoms. The predicted molar refractivity (Wildman–Crippen MR) is 124 cm³/mol. The largest absolute Gasteiger partial charge is 0.496 e. The van der Waals surface area contributed by atoms with Crippen molar-refractivity contribution in [2.45, 2.75) is 40.3 Å². The van der Waals surface area contributed by atoms with Gasteiger partial charge in [-0.25, -0.2) is 0 Å². The third-order valence-corrected chi connectivity index (χ3v) is 5.14. The molecule has 1 N–H and O–H groups in total. The maximum Gasteiger partial charge on any atom is 0.261 e. The first-order chi connectivity index (χ1) is 15.2. The van der Waals surface area contributed by atoms with Crippen LogP contribution in [0.5, 0.6) is 17.2 Å². The van der Waals surface area contributed by atoms with E-state index in [0.29, 0.717) is 36.3 Å². The van der Waals surface area contributed by atoms with Gasteiger partial charge in [-0.2, -0.15) is 0 Å². The minimum atomic E-state index is -0.649. The van der Waals surface area contributed by atoms with Crippen LogP contribution in [0.4, 0.5) is 0 Å². The lowest BCUT2D eigenvalue weighted by Gasteiger charge is -2.29. The Balaban J connectivity index is 2.19. The average molecular weight is 443 g/mol. The Hall–Kier alpha value is -3.22. The summed E-state index contributed by atoms with van der Waals surface area (Å²) in [5.74, 6) is 1.40. The summed E-state index contributed by atoms with van der Waals surface area (Å²) >= 11 is 0. The highest BCUT2D eigenvalue weighted by Crippen LogP contribution is 2.27. The van der Waals surface area contributed by atoms with Gasteiger partial charge in [0, 0.05) is 31.3 Å². The number of nitrogens with zero attached hydrogens (tertiary/aromatic N) is 1. The molecule has 0 aliphatic heterocycles. The monoisotopic (exact) mass is 442 g/mol. The van der Waals surface area contributed by atoms with Crippen LogP contribution < -0.4 is 19.5 Å². The van der Waals surface area contributed by atoms with Crippen molar-refractivity contribution >= 4 is 11.8 Å². The maximum absolute atomic E-state index is 13.2. The molecule has 0 saturated heterocycles. The number of carbonyl (C=O) groups is 2. The van der Waals surface area contributed by atoms with Crippen molar-refractivity contribution in [3.05, 3.63) is 53.6 Å². The standard InChI is InChI=1S/C25H34N2O5/c1-17(2)14-26-25(29)19(4)27(15-20-10-8-7-9-18(20)3)24(28)16-32-23-12-21(30-5)11-22(13-23)31-6/h7-13,17,19H,14-16H2,1-6H3,(H,26,29)/t19-/m0/s1. The molecule has 2 amide bonds. The molecule has 174 valence electrons. The van der Waals surface area contributed by atoms with Gasteiger partial charge in [-0.05, 0) is 30.9 Å². The molecule has 2 aromatic rings. The number of benzene rings is 2. The van der Waals surface area contributed by atoms with Crippen LogP contribution in [0.3, 0.4) is 0 Å². The smallest absolute Gasteiger partial charge is 0.261 e. The van der Waals surface area contributed by atoms with Gasteiger partial charge in [0.1, 0.15) is 23.3 Å². The van der Waals surface area contributed by atoms with E-state index in [1.807, 2.05) is 45.0 Å². The number of nitrogens with one attached hydrogen (secondary N) is 1. The summed E-state index contributed by atoms with van der Waals surface area (Å²) in [5, 5.41) is 2.91. The zero-order valence-electron chi connectivity index (χ0n) is 19.8. The van der Waals surface area contributed by atoms with Gasteiger partial charge in [0.2, 0.25) is 5.91 Å². The highest BCUT2D eigenvalue weighted by Gasteiger charge is 2.27. The lowest BCUT2D eigenvalue weighted by atomic mass is 10.1. The first-order valence-corrected chi connectivity index (χ1v) is 10.7. The topological polar surface area (TPSA) is 77.1 Å². The molecule has 2 rings (SSSR count). The molecule has 2 aromatic carbocycles. The molecular weight excluding hydrogens is 408 g/mol. The van der Waals surface area contributed by atoms with Crippen molar-refractivity contribution in [2.24, 2.45) is 5.92 Å². The Kier molecular flexibility index (Phi) is 9.38. The van der Waals surface area contributed by atoms with E-state index in [1.54, 1.807) is 44.2 Å². The van der Waals surface area contributed by atoms with Crippen LogP contribution in [-0.4, -0.2) is 50.1 Å². The number of ether oxygens (including phenoxy) is 3. The number of rotatable bonds is 11. The summed E-state index contributed by atoms with van der Waals surface area (Å²) in [6.45, 7) is 8.42. The van der Waals surface area contributed by atoms with E-state index >= 15 is 0 Å². The normalized spacial score (nSPS) is 11.6. The van der Waals surface area contributed by atoms with E-state index in [9.17, 15) is 9.59 Å². The quantitative estimate of drug-likeness (QED) is 0.576. The van der Waals surface area contributed by atoms with Gasteiger partial charge in [0.15, 0.2) is 6.61 Å². The van der Waals surface area contributed by atoms with E-state index < -0.39 is 6.04 Å². The van der Waals surface area contributed by atoms with E-state index in [1.165, 1.54) is 0 Å². The fourth-order valence-electron chi connectivity index (χ4n) is 3.10. The fraction of sp³-hybridized carbons (Fsp3) is 0.440. The minimum absolute atomic E-state index is 0.191. The number of carbonyl (C=O) groups excluding carboxylic acids is 2. The second-order valence-corrected chi connectivity index (χ2v) is 8.10. The summed E-state index contributed by atoms with van der Waals surface area (Å²) in [4.78, 5) is 27.5. The minimum Gasteiger partial charge on any atom is -0.496 e. The number of amides is 2. The molecule has 0 bridgehead atoms. The molecule has 32 heavy (non-hydrogen) atoms. The number of aryl methyl sites for hydroxylation is 1. The molecule has 0 heterocycles. The Morgan fingerprint density at radius 2 is 1.56 bits per heavy atom. The first kappa shape index (κ1) is 25.0. The van der Waals surface area contributed by atoms with Gasteiger partial charge in [0.25, 0.3) is 5.91 Å². The summed E-state index contributed by atoms with van der Waals surface area (Å²) < 4.78 is 16.2. The van der Waals surface area contributed by atoms with Gasteiger partial charge >= 0.3 is 0 Å². The van der Waals surface area contributed by atoms with Crippen LogP contribution in [-0.2, 0) is 16.1 Å². The van der Waals surface area contributed by atoms with Gasteiger partial charge in [-0.15, -0.1) is 0 Å². The first-order valence-electron chi connectivity index (χ1n) is 10.7. The summed E-state index contributed by atoms with van der Waals surface area (Å²) in [6, 6.07) is 12.3. The number of hydrogen-bond acceptors (Lipinski definition) is 5. The lowest BCUT2D eigenvalue weighted by molar-refractivity contribution is -0.142. The number of hydrogen-bond donors (Lipinski definition) is 1. The van der Waals surface area contributed by atoms with E-state index in [2.05, 4.69) is 5.32 Å². The SMILES string of the molecule is COc1cc(OC)cc(OCC(=O)N(Cc2ccccc2C)[C@@H](C)C(=O)NCC(C)C)c1. The summed E-state index contributed by atoms with van der Waals surface area (Å²) in [7, 11) is 3.09. The van der Waals surface area contributed by atoms with Crippen molar-refractivity contribution in [1.29, 1.82) is 0 Å². The molecular formula is C25H34N2O5. The molecule has 1 atom stereocenters. The lowest BCUT2D eigenvalue weighted by Crippen LogP contribution is -2.49. The highest BCUT2D eigenvalue weighted by molar-refractivity contribution is 5.88. The van der Waals surface area contributed by atoms with E-state index in [0.717, 1.165) is 11.1 Å². The molecule has 7 heteroatoms. The van der Waals surface area contributed by atoms with Crippen molar-refractivity contribution in [2.75, 3.05) is 27.4 Å². The third kappa shape index (κ3) is 7.18. The van der Waals surface area contributed by atoms with Crippen molar-refractivity contribution in [3.8, 4) is 17.2 Å².